The SMILES string of the molecule is C=CCc1ccc(-c2ccc3cc(/C=C/CCCC(C)O)ccc3n2)cc1. The Bertz CT molecular complexity index is 923. The molecule has 3 aromatic rings. The minimum atomic E-state index is -0.211. The zero-order valence-corrected chi connectivity index (χ0v) is 15.9. The molecular formula is C25H27NO. The molecule has 0 saturated carbocycles. The highest BCUT2D eigenvalue weighted by Crippen LogP contribution is 2.23. The van der Waals surface area contributed by atoms with Crippen LogP contribution in [-0.2, 0) is 6.42 Å². The standard InChI is InChI=1S/C25H27NO/c1-3-7-20-10-13-22(14-11-20)24-17-15-23-18-21(12-16-25(23)26-24)9-6-4-5-8-19(2)27/h3,6,9-19,27H,1,4-5,7-8H2,2H3/b9-6+. The van der Waals surface area contributed by atoms with Crippen LogP contribution in [0, 0.1) is 0 Å². The van der Waals surface area contributed by atoms with Crippen molar-refractivity contribution in [2.24, 2.45) is 0 Å². The van der Waals surface area contributed by atoms with Gasteiger partial charge in [-0.1, -0.05) is 54.6 Å². The molecule has 1 unspecified atom stereocenters. The Balaban J connectivity index is 1.73. The van der Waals surface area contributed by atoms with Crippen molar-refractivity contribution in [1.82, 2.24) is 4.98 Å². The number of pyridine rings is 1. The zero-order chi connectivity index (χ0) is 19.1. The average molecular weight is 357 g/mol. The number of aliphatic hydroxyl groups is 1. The normalized spacial score (nSPS) is 12.5. The summed E-state index contributed by atoms with van der Waals surface area (Å²) < 4.78 is 0. The van der Waals surface area contributed by atoms with Gasteiger partial charge in [0.15, 0.2) is 0 Å². The van der Waals surface area contributed by atoms with Crippen molar-refractivity contribution in [1.29, 1.82) is 0 Å². The van der Waals surface area contributed by atoms with Crippen molar-refractivity contribution in [3.8, 4) is 11.3 Å². The van der Waals surface area contributed by atoms with Crippen LogP contribution < -0.4 is 0 Å². The molecule has 0 amide bonds. The van der Waals surface area contributed by atoms with Crippen molar-refractivity contribution in [3.63, 3.8) is 0 Å². The number of hydrogen-bond acceptors (Lipinski definition) is 2. The summed E-state index contributed by atoms with van der Waals surface area (Å²) in [6.07, 6.45) is 9.77. The van der Waals surface area contributed by atoms with Crippen molar-refractivity contribution < 1.29 is 5.11 Å². The van der Waals surface area contributed by atoms with Crippen LogP contribution in [0.5, 0.6) is 0 Å². The second-order valence-electron chi connectivity index (χ2n) is 7.02. The minimum Gasteiger partial charge on any atom is -0.393 e. The predicted molar refractivity (Wildman–Crippen MR) is 116 cm³/mol. The van der Waals surface area contributed by atoms with Crippen molar-refractivity contribution >= 4 is 17.0 Å². The number of aromatic nitrogens is 1. The van der Waals surface area contributed by atoms with Crippen LogP contribution in [0.2, 0.25) is 0 Å². The molecule has 0 radical (unpaired) electrons. The Morgan fingerprint density at radius 2 is 1.89 bits per heavy atom. The van der Waals surface area contributed by atoms with E-state index in [0.29, 0.717) is 0 Å². The third-order valence-electron chi connectivity index (χ3n) is 4.65. The van der Waals surface area contributed by atoms with Gasteiger partial charge in [0.25, 0.3) is 0 Å². The molecule has 0 spiro atoms. The molecule has 0 aliphatic rings. The Hall–Kier alpha value is -2.71. The van der Waals surface area contributed by atoms with Crippen LogP contribution >= 0.6 is 0 Å². The quantitative estimate of drug-likeness (QED) is 0.385. The molecular weight excluding hydrogens is 330 g/mol. The molecule has 1 heterocycles. The topological polar surface area (TPSA) is 33.1 Å². The molecule has 0 fully saturated rings. The van der Waals surface area contributed by atoms with Gasteiger partial charge in [0.1, 0.15) is 0 Å². The van der Waals surface area contributed by atoms with Crippen LogP contribution in [0.4, 0.5) is 0 Å². The van der Waals surface area contributed by atoms with Crippen LogP contribution in [0.15, 0.2) is 73.3 Å². The maximum Gasteiger partial charge on any atom is 0.0709 e. The molecule has 0 aliphatic carbocycles. The van der Waals surface area contributed by atoms with E-state index in [0.717, 1.165) is 47.8 Å². The number of benzene rings is 2. The maximum absolute atomic E-state index is 9.29. The smallest absolute Gasteiger partial charge is 0.0709 e. The summed E-state index contributed by atoms with van der Waals surface area (Å²) in [6, 6.07) is 19.1. The van der Waals surface area contributed by atoms with E-state index in [1.807, 2.05) is 13.0 Å². The fourth-order valence-electron chi connectivity index (χ4n) is 3.14. The highest BCUT2D eigenvalue weighted by Gasteiger charge is 2.02. The predicted octanol–water partition coefficient (Wildman–Crippen LogP) is 6.19. The number of nitrogens with zero attached hydrogens (tertiary/aromatic N) is 1. The summed E-state index contributed by atoms with van der Waals surface area (Å²) in [5, 5.41) is 10.4. The number of aliphatic hydroxyl groups excluding tert-OH is 1. The number of unbranched alkanes of at least 4 members (excludes halogenated alkanes) is 1. The highest BCUT2D eigenvalue weighted by atomic mass is 16.3. The van der Waals surface area contributed by atoms with Crippen molar-refractivity contribution in [3.05, 3.63) is 84.5 Å². The lowest BCUT2D eigenvalue weighted by molar-refractivity contribution is 0.182. The van der Waals surface area contributed by atoms with E-state index < -0.39 is 0 Å². The number of rotatable bonds is 8. The van der Waals surface area contributed by atoms with Gasteiger partial charge in [-0.2, -0.15) is 0 Å². The van der Waals surface area contributed by atoms with Crippen LogP contribution in [0.3, 0.4) is 0 Å². The lowest BCUT2D eigenvalue weighted by Crippen LogP contribution is -1.97. The third kappa shape index (κ3) is 5.38. The van der Waals surface area contributed by atoms with Gasteiger partial charge in [0.2, 0.25) is 0 Å². The summed E-state index contributed by atoms with van der Waals surface area (Å²) in [7, 11) is 0. The van der Waals surface area contributed by atoms with Gasteiger partial charge in [0, 0.05) is 10.9 Å². The van der Waals surface area contributed by atoms with E-state index in [2.05, 4.69) is 73.3 Å². The van der Waals surface area contributed by atoms with Crippen molar-refractivity contribution in [2.45, 2.75) is 38.7 Å². The van der Waals surface area contributed by atoms with E-state index in [1.165, 1.54) is 11.1 Å². The summed E-state index contributed by atoms with van der Waals surface area (Å²) >= 11 is 0. The lowest BCUT2D eigenvalue weighted by atomic mass is 10.0. The van der Waals surface area contributed by atoms with Crippen LogP contribution in [-0.4, -0.2) is 16.2 Å². The number of hydrogen-bond donors (Lipinski definition) is 1. The largest absolute Gasteiger partial charge is 0.393 e. The first-order chi connectivity index (χ1) is 13.2. The molecule has 2 aromatic carbocycles. The molecule has 1 atom stereocenters. The summed E-state index contributed by atoms with van der Waals surface area (Å²) in [5.41, 5.74) is 5.58. The monoisotopic (exact) mass is 357 g/mol. The number of allylic oxidation sites excluding steroid dienone is 2. The summed E-state index contributed by atoms with van der Waals surface area (Å²) in [6.45, 7) is 5.62. The van der Waals surface area contributed by atoms with Gasteiger partial charge < -0.3 is 5.11 Å². The van der Waals surface area contributed by atoms with E-state index in [4.69, 9.17) is 4.98 Å². The molecule has 2 nitrogen and oxygen atoms in total. The number of fused-ring (bicyclic) bond motifs is 1. The third-order valence-corrected chi connectivity index (χ3v) is 4.65. The lowest BCUT2D eigenvalue weighted by Gasteiger charge is -2.05. The average Bonchev–Trinajstić information content (AvgIpc) is 2.68. The molecule has 138 valence electrons. The highest BCUT2D eigenvalue weighted by molar-refractivity contribution is 5.83. The second kappa shape index (κ2) is 9.29. The van der Waals surface area contributed by atoms with Gasteiger partial charge in [-0.15, -0.1) is 6.58 Å². The van der Waals surface area contributed by atoms with Gasteiger partial charge in [-0.25, -0.2) is 4.98 Å². The van der Waals surface area contributed by atoms with E-state index >= 15 is 0 Å². The first-order valence-corrected chi connectivity index (χ1v) is 9.61. The van der Waals surface area contributed by atoms with Gasteiger partial charge >= 0.3 is 0 Å². The molecule has 3 rings (SSSR count). The van der Waals surface area contributed by atoms with Gasteiger partial charge in [-0.3, -0.25) is 0 Å². The van der Waals surface area contributed by atoms with Crippen LogP contribution in [0.25, 0.3) is 28.2 Å². The molecule has 0 bridgehead atoms. The molecule has 1 aromatic heterocycles. The molecule has 1 N–H and O–H groups in total. The molecule has 27 heavy (non-hydrogen) atoms. The Kier molecular flexibility index (Phi) is 6.56. The Morgan fingerprint density at radius 3 is 2.63 bits per heavy atom. The fraction of sp³-hybridized carbons (Fsp3) is 0.240. The minimum absolute atomic E-state index is 0.211. The van der Waals surface area contributed by atoms with Gasteiger partial charge in [-0.05, 0) is 61.9 Å². The Labute approximate surface area is 161 Å². The summed E-state index contributed by atoms with van der Waals surface area (Å²) in [5.74, 6) is 0. The fourth-order valence-corrected chi connectivity index (χ4v) is 3.14. The maximum atomic E-state index is 9.29. The van der Waals surface area contributed by atoms with Gasteiger partial charge in [0.05, 0.1) is 17.3 Å². The zero-order valence-electron chi connectivity index (χ0n) is 15.9. The molecule has 0 saturated heterocycles. The van der Waals surface area contributed by atoms with E-state index in [-0.39, 0.29) is 6.10 Å². The summed E-state index contributed by atoms with van der Waals surface area (Å²) in [4.78, 5) is 4.82. The van der Waals surface area contributed by atoms with E-state index in [9.17, 15) is 5.11 Å². The second-order valence-corrected chi connectivity index (χ2v) is 7.02. The molecule has 2 heteroatoms. The van der Waals surface area contributed by atoms with Crippen molar-refractivity contribution in [2.75, 3.05) is 0 Å². The first-order valence-electron chi connectivity index (χ1n) is 9.61. The Morgan fingerprint density at radius 1 is 1.07 bits per heavy atom. The van der Waals surface area contributed by atoms with E-state index in [1.54, 1.807) is 0 Å². The first kappa shape index (κ1) is 19.1. The molecule has 0 aliphatic heterocycles. The van der Waals surface area contributed by atoms with Crippen LogP contribution in [0.1, 0.15) is 37.3 Å².